The SMILES string of the molecule is C=CCN(/C=C/C=O)Cc1ccccc1. The maximum atomic E-state index is 10.2. The summed E-state index contributed by atoms with van der Waals surface area (Å²) in [4.78, 5) is 12.3. The van der Waals surface area contributed by atoms with Crippen LogP contribution in [0.3, 0.4) is 0 Å². The minimum absolute atomic E-state index is 0.735. The lowest BCUT2D eigenvalue weighted by Crippen LogP contribution is -2.16. The van der Waals surface area contributed by atoms with Crippen molar-refractivity contribution in [1.82, 2.24) is 4.90 Å². The van der Waals surface area contributed by atoms with Gasteiger partial charge in [0.05, 0.1) is 0 Å². The number of allylic oxidation sites excluding steroid dienone is 1. The Bertz CT molecular complexity index is 330. The van der Waals surface area contributed by atoms with E-state index < -0.39 is 0 Å². The first-order valence-corrected chi connectivity index (χ1v) is 4.87. The van der Waals surface area contributed by atoms with Gasteiger partial charge in [0.25, 0.3) is 0 Å². The molecule has 0 aromatic heterocycles. The van der Waals surface area contributed by atoms with E-state index in [1.165, 1.54) is 11.6 Å². The van der Waals surface area contributed by atoms with Gasteiger partial charge in [0, 0.05) is 19.3 Å². The van der Waals surface area contributed by atoms with Crippen molar-refractivity contribution in [3.05, 3.63) is 60.8 Å². The number of hydrogen-bond acceptors (Lipinski definition) is 2. The number of carbonyl (C=O) groups excluding carboxylic acids is 1. The van der Waals surface area contributed by atoms with Gasteiger partial charge in [0.2, 0.25) is 0 Å². The fraction of sp³-hybridized carbons (Fsp3) is 0.154. The van der Waals surface area contributed by atoms with Crippen LogP contribution in [0.4, 0.5) is 0 Å². The second-order valence-corrected chi connectivity index (χ2v) is 3.18. The Morgan fingerprint density at radius 3 is 2.60 bits per heavy atom. The van der Waals surface area contributed by atoms with E-state index in [-0.39, 0.29) is 0 Å². The molecule has 1 aromatic rings. The molecule has 0 N–H and O–H groups in total. The second kappa shape index (κ2) is 6.60. The van der Waals surface area contributed by atoms with Crippen LogP contribution in [0.1, 0.15) is 5.56 Å². The minimum Gasteiger partial charge on any atom is -0.369 e. The molecule has 0 unspecified atom stereocenters. The topological polar surface area (TPSA) is 20.3 Å². The van der Waals surface area contributed by atoms with Crippen LogP contribution in [-0.4, -0.2) is 17.7 Å². The predicted molar refractivity (Wildman–Crippen MR) is 62.3 cm³/mol. The van der Waals surface area contributed by atoms with Crippen molar-refractivity contribution in [3.8, 4) is 0 Å². The molecule has 0 bridgehead atoms. The highest BCUT2D eigenvalue weighted by Gasteiger charge is 1.97. The molecule has 0 aliphatic rings. The molecule has 0 aliphatic heterocycles. The molecule has 0 heterocycles. The van der Waals surface area contributed by atoms with Crippen LogP contribution in [0.25, 0.3) is 0 Å². The number of hydrogen-bond donors (Lipinski definition) is 0. The molecular formula is C13H15NO. The molecule has 2 heteroatoms. The van der Waals surface area contributed by atoms with Crippen molar-refractivity contribution >= 4 is 6.29 Å². The highest BCUT2D eigenvalue weighted by molar-refractivity contribution is 5.64. The van der Waals surface area contributed by atoms with E-state index in [0.29, 0.717) is 0 Å². The van der Waals surface area contributed by atoms with E-state index in [4.69, 9.17) is 0 Å². The molecule has 1 rings (SSSR count). The van der Waals surface area contributed by atoms with Gasteiger partial charge >= 0.3 is 0 Å². The zero-order valence-electron chi connectivity index (χ0n) is 8.67. The summed E-state index contributed by atoms with van der Waals surface area (Å²) in [5, 5.41) is 0. The summed E-state index contributed by atoms with van der Waals surface area (Å²) in [7, 11) is 0. The van der Waals surface area contributed by atoms with Gasteiger partial charge in [-0.1, -0.05) is 36.4 Å². The first kappa shape index (κ1) is 11.2. The number of nitrogens with zero attached hydrogens (tertiary/aromatic N) is 1. The molecule has 0 atom stereocenters. The molecule has 78 valence electrons. The Balaban J connectivity index is 2.62. The zero-order valence-corrected chi connectivity index (χ0v) is 8.67. The monoisotopic (exact) mass is 201 g/mol. The van der Waals surface area contributed by atoms with Gasteiger partial charge in [-0.05, 0) is 11.6 Å². The van der Waals surface area contributed by atoms with Crippen molar-refractivity contribution in [2.24, 2.45) is 0 Å². The van der Waals surface area contributed by atoms with E-state index in [9.17, 15) is 4.79 Å². The van der Waals surface area contributed by atoms with Crippen LogP contribution in [0, 0.1) is 0 Å². The zero-order chi connectivity index (χ0) is 10.9. The molecule has 15 heavy (non-hydrogen) atoms. The van der Waals surface area contributed by atoms with Gasteiger partial charge < -0.3 is 4.90 Å². The first-order chi connectivity index (χ1) is 7.36. The molecule has 0 fully saturated rings. The Labute approximate surface area is 90.5 Å². The van der Waals surface area contributed by atoms with Crippen LogP contribution < -0.4 is 0 Å². The van der Waals surface area contributed by atoms with Crippen molar-refractivity contribution < 1.29 is 4.79 Å². The number of aldehydes is 1. The standard InChI is InChI=1S/C13H15NO/c1-2-9-14(10-6-11-15)12-13-7-4-3-5-8-13/h2-8,10-11H,1,9,12H2/b10-6+. The highest BCUT2D eigenvalue weighted by atomic mass is 16.1. The quantitative estimate of drug-likeness (QED) is 0.400. The summed E-state index contributed by atoms with van der Waals surface area (Å²) in [6.45, 7) is 5.21. The summed E-state index contributed by atoms with van der Waals surface area (Å²) < 4.78 is 0. The van der Waals surface area contributed by atoms with Gasteiger partial charge in [0.1, 0.15) is 6.29 Å². The number of carbonyl (C=O) groups is 1. The van der Waals surface area contributed by atoms with E-state index in [0.717, 1.165) is 19.4 Å². The van der Waals surface area contributed by atoms with Gasteiger partial charge in [0.15, 0.2) is 0 Å². The summed E-state index contributed by atoms with van der Waals surface area (Å²) in [5.74, 6) is 0. The van der Waals surface area contributed by atoms with Crippen molar-refractivity contribution in [2.45, 2.75) is 6.54 Å². The molecule has 1 aromatic carbocycles. The van der Waals surface area contributed by atoms with E-state index in [2.05, 4.69) is 18.7 Å². The summed E-state index contributed by atoms with van der Waals surface area (Å²) in [5.41, 5.74) is 1.22. The first-order valence-electron chi connectivity index (χ1n) is 4.87. The lowest BCUT2D eigenvalue weighted by molar-refractivity contribution is -0.104. The summed E-state index contributed by atoms with van der Waals surface area (Å²) >= 11 is 0. The third-order valence-corrected chi connectivity index (χ3v) is 1.97. The van der Waals surface area contributed by atoms with Gasteiger partial charge in [-0.15, -0.1) is 6.58 Å². The smallest absolute Gasteiger partial charge is 0.144 e. The van der Waals surface area contributed by atoms with Crippen molar-refractivity contribution in [2.75, 3.05) is 6.54 Å². The van der Waals surface area contributed by atoms with Crippen LogP contribution >= 0.6 is 0 Å². The number of rotatable bonds is 6. The Morgan fingerprint density at radius 2 is 2.00 bits per heavy atom. The maximum absolute atomic E-state index is 10.2. The molecule has 0 aliphatic carbocycles. The predicted octanol–water partition coefficient (Wildman–Crippen LogP) is 2.39. The van der Waals surface area contributed by atoms with Crippen LogP contribution in [0.2, 0.25) is 0 Å². The third-order valence-electron chi connectivity index (χ3n) is 1.97. The maximum Gasteiger partial charge on any atom is 0.144 e. The fourth-order valence-electron chi connectivity index (χ4n) is 1.32. The molecule has 0 radical (unpaired) electrons. The van der Waals surface area contributed by atoms with E-state index >= 15 is 0 Å². The van der Waals surface area contributed by atoms with Crippen LogP contribution in [0.15, 0.2) is 55.3 Å². The molecule has 0 saturated carbocycles. The average Bonchev–Trinajstić information content (AvgIpc) is 2.28. The summed E-state index contributed by atoms with van der Waals surface area (Å²) in [6, 6.07) is 10.1. The van der Waals surface area contributed by atoms with Crippen molar-refractivity contribution in [3.63, 3.8) is 0 Å². The normalized spacial score (nSPS) is 10.1. The molecule has 0 saturated heterocycles. The molecular weight excluding hydrogens is 186 g/mol. The van der Waals surface area contributed by atoms with Gasteiger partial charge in [-0.25, -0.2) is 0 Å². The lowest BCUT2D eigenvalue weighted by Gasteiger charge is -2.17. The molecule has 0 spiro atoms. The minimum atomic E-state index is 0.735. The largest absolute Gasteiger partial charge is 0.369 e. The number of benzene rings is 1. The Kier molecular flexibility index (Phi) is 4.95. The van der Waals surface area contributed by atoms with Crippen LogP contribution in [-0.2, 0) is 11.3 Å². The second-order valence-electron chi connectivity index (χ2n) is 3.18. The Morgan fingerprint density at radius 1 is 1.27 bits per heavy atom. The lowest BCUT2D eigenvalue weighted by atomic mass is 10.2. The van der Waals surface area contributed by atoms with E-state index in [1.807, 2.05) is 29.2 Å². The Hall–Kier alpha value is -1.83. The molecule has 2 nitrogen and oxygen atoms in total. The third kappa shape index (κ3) is 4.27. The highest BCUT2D eigenvalue weighted by Crippen LogP contribution is 2.04. The van der Waals surface area contributed by atoms with E-state index in [1.54, 1.807) is 6.20 Å². The summed E-state index contributed by atoms with van der Waals surface area (Å²) in [6.07, 6.45) is 5.87. The van der Waals surface area contributed by atoms with Gasteiger partial charge in [-0.2, -0.15) is 0 Å². The van der Waals surface area contributed by atoms with Gasteiger partial charge in [-0.3, -0.25) is 4.79 Å². The molecule has 0 amide bonds. The average molecular weight is 201 g/mol. The fourth-order valence-corrected chi connectivity index (χ4v) is 1.32. The van der Waals surface area contributed by atoms with Crippen LogP contribution in [0.5, 0.6) is 0 Å². The van der Waals surface area contributed by atoms with Crippen molar-refractivity contribution in [1.29, 1.82) is 0 Å².